The largest absolute Gasteiger partial charge is 0.491 e. The fraction of sp³-hybridized carbons (Fsp3) is 0.474. The Bertz CT molecular complexity index is 622. The van der Waals surface area contributed by atoms with E-state index < -0.39 is 6.09 Å². The van der Waals surface area contributed by atoms with Gasteiger partial charge in [-0.15, -0.1) is 0 Å². The number of carbonyl (C=O) groups is 2. The maximum atomic E-state index is 13.3. The summed E-state index contributed by atoms with van der Waals surface area (Å²) in [4.78, 5) is 22.3. The van der Waals surface area contributed by atoms with Gasteiger partial charge in [0, 0.05) is 12.6 Å². The number of rotatable bonds is 12. The molecule has 0 saturated heterocycles. The van der Waals surface area contributed by atoms with Crippen LogP contribution < -0.4 is 15.4 Å². The Kier molecular flexibility index (Phi) is 10.5. The molecule has 1 aromatic carbocycles. The van der Waals surface area contributed by atoms with E-state index in [9.17, 15) is 14.0 Å². The van der Waals surface area contributed by atoms with Crippen LogP contribution in [0.3, 0.4) is 0 Å². The Morgan fingerprint density at radius 2 is 1.89 bits per heavy atom. The Hall–Kier alpha value is -2.61. The van der Waals surface area contributed by atoms with E-state index in [0.29, 0.717) is 12.4 Å². The number of carbonyl (C=O) groups excluding carboxylic acids is 2. The minimum absolute atomic E-state index is 0.0614. The van der Waals surface area contributed by atoms with Crippen LogP contribution in [-0.2, 0) is 14.3 Å². The molecule has 2 N–H and O–H groups in total. The minimum atomic E-state index is -0.593. The summed E-state index contributed by atoms with van der Waals surface area (Å²) in [5, 5.41) is 5.00. The molecule has 150 valence electrons. The van der Waals surface area contributed by atoms with Crippen LogP contribution in [0.4, 0.5) is 9.18 Å². The lowest BCUT2D eigenvalue weighted by Gasteiger charge is -2.14. The van der Waals surface area contributed by atoms with Crippen molar-refractivity contribution in [3.05, 3.63) is 42.2 Å². The van der Waals surface area contributed by atoms with Crippen LogP contribution in [0.15, 0.2) is 30.9 Å². The molecule has 1 rings (SSSR count). The van der Waals surface area contributed by atoms with E-state index in [4.69, 9.17) is 14.2 Å². The van der Waals surface area contributed by atoms with Crippen molar-refractivity contribution in [3.8, 4) is 5.75 Å². The first-order valence-electron chi connectivity index (χ1n) is 8.75. The molecule has 0 aromatic heterocycles. The van der Waals surface area contributed by atoms with Crippen molar-refractivity contribution in [3.63, 3.8) is 0 Å². The molecule has 0 unspecified atom stereocenters. The fourth-order valence-corrected chi connectivity index (χ4v) is 2.09. The van der Waals surface area contributed by atoms with Gasteiger partial charge >= 0.3 is 6.09 Å². The quantitative estimate of drug-likeness (QED) is 0.428. The lowest BCUT2D eigenvalue weighted by molar-refractivity contribution is -0.116. The number of halogens is 1. The summed E-state index contributed by atoms with van der Waals surface area (Å²) in [5.74, 6) is 0.0659. The predicted octanol–water partition coefficient (Wildman–Crippen LogP) is 2.37. The normalized spacial score (nSPS) is 10.4. The Balaban J connectivity index is 2.09. The second kappa shape index (κ2) is 12.7. The first kappa shape index (κ1) is 22.4. The standard InChI is InChI=1S/C19H27FN2O5/c1-4-18(23)21-8-10-27-19(24)22-7-9-25-11-12-26-17-13-15(20)5-6-16(17)14(2)3/h4-6,13-14H,1,7-12H2,2-3H3,(H,21,23)(H,22,24). The molecule has 0 aliphatic heterocycles. The fourth-order valence-electron chi connectivity index (χ4n) is 2.09. The average molecular weight is 382 g/mol. The van der Waals surface area contributed by atoms with Crippen LogP contribution in [0.25, 0.3) is 0 Å². The van der Waals surface area contributed by atoms with Gasteiger partial charge in [0.2, 0.25) is 5.91 Å². The van der Waals surface area contributed by atoms with E-state index in [2.05, 4.69) is 17.2 Å². The van der Waals surface area contributed by atoms with Crippen molar-refractivity contribution in [2.24, 2.45) is 0 Å². The summed E-state index contributed by atoms with van der Waals surface area (Å²) in [7, 11) is 0. The Labute approximate surface area is 158 Å². The summed E-state index contributed by atoms with van der Waals surface area (Å²) < 4.78 is 29.1. The smallest absolute Gasteiger partial charge is 0.407 e. The Morgan fingerprint density at radius 3 is 2.59 bits per heavy atom. The maximum Gasteiger partial charge on any atom is 0.407 e. The van der Waals surface area contributed by atoms with Gasteiger partial charge in [0.05, 0.1) is 19.8 Å². The number of alkyl carbamates (subject to hydrolysis) is 1. The molecule has 0 radical (unpaired) electrons. The van der Waals surface area contributed by atoms with Crippen molar-refractivity contribution in [1.82, 2.24) is 10.6 Å². The number of ether oxygens (including phenoxy) is 3. The summed E-state index contributed by atoms with van der Waals surface area (Å²) in [6.45, 7) is 8.73. The number of amides is 2. The van der Waals surface area contributed by atoms with Gasteiger partial charge in [-0.25, -0.2) is 9.18 Å². The molecule has 8 heteroatoms. The van der Waals surface area contributed by atoms with Crippen LogP contribution in [0.1, 0.15) is 25.3 Å². The SMILES string of the molecule is C=CC(=O)NCCOC(=O)NCCOCCOc1cc(F)ccc1C(C)C. The average Bonchev–Trinajstić information content (AvgIpc) is 2.64. The van der Waals surface area contributed by atoms with Crippen LogP contribution in [0.2, 0.25) is 0 Å². The molecule has 0 spiro atoms. The Morgan fingerprint density at radius 1 is 1.15 bits per heavy atom. The number of hydrogen-bond donors (Lipinski definition) is 2. The second-order valence-corrected chi connectivity index (χ2v) is 5.86. The van der Waals surface area contributed by atoms with Crippen LogP contribution in [0, 0.1) is 5.82 Å². The molecule has 0 saturated carbocycles. The third-order valence-corrected chi connectivity index (χ3v) is 3.42. The third-order valence-electron chi connectivity index (χ3n) is 3.42. The zero-order chi connectivity index (χ0) is 20.1. The number of hydrogen-bond acceptors (Lipinski definition) is 5. The lowest BCUT2D eigenvalue weighted by atomic mass is 10.0. The number of nitrogens with one attached hydrogen (secondary N) is 2. The van der Waals surface area contributed by atoms with Crippen molar-refractivity contribution in [2.45, 2.75) is 19.8 Å². The highest BCUT2D eigenvalue weighted by Crippen LogP contribution is 2.27. The molecule has 0 aliphatic rings. The van der Waals surface area contributed by atoms with Crippen molar-refractivity contribution in [1.29, 1.82) is 0 Å². The molecule has 7 nitrogen and oxygen atoms in total. The molecule has 1 aromatic rings. The molecule has 27 heavy (non-hydrogen) atoms. The van der Waals surface area contributed by atoms with E-state index in [1.54, 1.807) is 6.07 Å². The second-order valence-electron chi connectivity index (χ2n) is 5.86. The summed E-state index contributed by atoms with van der Waals surface area (Å²) in [6.07, 6.45) is 0.544. The van der Waals surface area contributed by atoms with Crippen LogP contribution in [0.5, 0.6) is 5.75 Å². The van der Waals surface area contributed by atoms with Crippen LogP contribution >= 0.6 is 0 Å². The zero-order valence-corrected chi connectivity index (χ0v) is 15.8. The van der Waals surface area contributed by atoms with E-state index in [1.807, 2.05) is 13.8 Å². The predicted molar refractivity (Wildman–Crippen MR) is 99.4 cm³/mol. The highest BCUT2D eigenvalue weighted by molar-refractivity contribution is 5.86. The minimum Gasteiger partial charge on any atom is -0.491 e. The topological polar surface area (TPSA) is 85.9 Å². The van der Waals surface area contributed by atoms with E-state index >= 15 is 0 Å². The molecular formula is C19H27FN2O5. The van der Waals surface area contributed by atoms with Gasteiger partial charge in [0.1, 0.15) is 24.8 Å². The zero-order valence-electron chi connectivity index (χ0n) is 15.8. The summed E-state index contributed by atoms with van der Waals surface area (Å²) in [6, 6.07) is 4.50. The van der Waals surface area contributed by atoms with Crippen molar-refractivity contribution < 1.29 is 28.2 Å². The van der Waals surface area contributed by atoms with Gasteiger partial charge in [0.25, 0.3) is 0 Å². The highest BCUT2D eigenvalue weighted by atomic mass is 19.1. The van der Waals surface area contributed by atoms with Crippen LogP contribution in [-0.4, -0.2) is 51.5 Å². The molecule has 0 heterocycles. The van der Waals surface area contributed by atoms with Gasteiger partial charge in [-0.05, 0) is 23.6 Å². The molecule has 0 atom stereocenters. The van der Waals surface area contributed by atoms with Crippen molar-refractivity contribution in [2.75, 3.05) is 39.5 Å². The molecule has 2 amide bonds. The first-order valence-corrected chi connectivity index (χ1v) is 8.75. The molecular weight excluding hydrogens is 355 g/mol. The van der Waals surface area contributed by atoms with Gasteiger partial charge < -0.3 is 24.8 Å². The lowest BCUT2D eigenvalue weighted by Crippen LogP contribution is -2.32. The first-order chi connectivity index (χ1) is 12.9. The van der Waals surface area contributed by atoms with Gasteiger partial charge in [-0.3, -0.25) is 4.79 Å². The van der Waals surface area contributed by atoms with Gasteiger partial charge in [-0.2, -0.15) is 0 Å². The monoisotopic (exact) mass is 382 g/mol. The number of benzene rings is 1. The van der Waals surface area contributed by atoms with Gasteiger partial charge in [0.15, 0.2) is 0 Å². The van der Waals surface area contributed by atoms with E-state index in [1.165, 1.54) is 12.1 Å². The molecule has 0 fully saturated rings. The summed E-state index contributed by atoms with van der Waals surface area (Å²) >= 11 is 0. The van der Waals surface area contributed by atoms with Crippen molar-refractivity contribution >= 4 is 12.0 Å². The maximum absolute atomic E-state index is 13.3. The molecule has 0 aliphatic carbocycles. The van der Waals surface area contributed by atoms with E-state index in [-0.39, 0.29) is 50.6 Å². The molecule has 0 bridgehead atoms. The van der Waals surface area contributed by atoms with Gasteiger partial charge in [-0.1, -0.05) is 26.5 Å². The highest BCUT2D eigenvalue weighted by Gasteiger charge is 2.09. The summed E-state index contributed by atoms with van der Waals surface area (Å²) in [5.41, 5.74) is 0.935. The van der Waals surface area contributed by atoms with E-state index in [0.717, 1.165) is 11.6 Å². The third kappa shape index (κ3) is 9.60.